The van der Waals surface area contributed by atoms with Crippen LogP contribution in [0.15, 0.2) is 53.3 Å². The van der Waals surface area contributed by atoms with Gasteiger partial charge in [0, 0.05) is 32.1 Å². The number of esters is 1. The first-order chi connectivity index (χ1) is 14.6. The number of ether oxygens (including phenoxy) is 1. The number of para-hydroxylation sites is 2. The van der Waals surface area contributed by atoms with Gasteiger partial charge in [0.05, 0.1) is 17.0 Å². The predicted octanol–water partition coefficient (Wildman–Crippen LogP) is 3.41. The second-order valence-electron chi connectivity index (χ2n) is 8.26. The van der Waals surface area contributed by atoms with Gasteiger partial charge in [-0.3, -0.25) is 9.36 Å². The number of aromatic amines is 1. The van der Waals surface area contributed by atoms with Gasteiger partial charge < -0.3 is 14.6 Å². The largest absolute Gasteiger partial charge is 0.457 e. The number of likely N-dealkylation sites (tertiary alicyclic amines) is 1. The minimum Gasteiger partial charge on any atom is -0.457 e. The average molecular weight is 409 g/mol. The fourth-order valence-corrected chi connectivity index (χ4v) is 4.78. The van der Waals surface area contributed by atoms with Crippen LogP contribution < -0.4 is 5.69 Å². The summed E-state index contributed by atoms with van der Waals surface area (Å²) in [5.74, 6) is -0.650. The third-order valence-corrected chi connectivity index (χ3v) is 6.36. The summed E-state index contributed by atoms with van der Waals surface area (Å²) in [6, 6.07) is 14.1. The van der Waals surface area contributed by atoms with E-state index in [9.17, 15) is 14.0 Å². The lowest BCUT2D eigenvalue weighted by atomic mass is 9.98. The molecular formula is C23H24FN3O3. The molecule has 2 aliphatic heterocycles. The maximum atomic E-state index is 13.1. The van der Waals surface area contributed by atoms with Crippen molar-refractivity contribution in [1.82, 2.24) is 14.5 Å². The van der Waals surface area contributed by atoms with Gasteiger partial charge >= 0.3 is 11.7 Å². The highest BCUT2D eigenvalue weighted by molar-refractivity contribution is 5.75. The lowest BCUT2D eigenvalue weighted by molar-refractivity contribution is -0.145. The predicted molar refractivity (Wildman–Crippen MR) is 111 cm³/mol. The van der Waals surface area contributed by atoms with E-state index < -0.39 is 0 Å². The Balaban J connectivity index is 1.21. The summed E-state index contributed by atoms with van der Waals surface area (Å²) in [6.07, 6.45) is 2.05. The van der Waals surface area contributed by atoms with E-state index in [2.05, 4.69) is 9.88 Å². The van der Waals surface area contributed by atoms with Crippen molar-refractivity contribution in [2.24, 2.45) is 5.92 Å². The van der Waals surface area contributed by atoms with Crippen molar-refractivity contribution in [2.45, 2.75) is 31.4 Å². The van der Waals surface area contributed by atoms with Gasteiger partial charge in [-0.15, -0.1) is 0 Å². The Morgan fingerprint density at radius 3 is 2.53 bits per heavy atom. The molecule has 1 N–H and O–H groups in total. The van der Waals surface area contributed by atoms with Gasteiger partial charge in [-0.05, 0) is 42.7 Å². The number of nitrogens with zero attached hydrogens (tertiary/aromatic N) is 2. The van der Waals surface area contributed by atoms with Gasteiger partial charge in [0.15, 0.2) is 0 Å². The van der Waals surface area contributed by atoms with Crippen molar-refractivity contribution in [3.63, 3.8) is 0 Å². The molecule has 30 heavy (non-hydrogen) atoms. The Morgan fingerprint density at radius 1 is 1.03 bits per heavy atom. The molecule has 2 aromatic carbocycles. The minimum absolute atomic E-state index is 0.0591. The Morgan fingerprint density at radius 2 is 1.77 bits per heavy atom. The molecule has 0 unspecified atom stereocenters. The van der Waals surface area contributed by atoms with Crippen molar-refractivity contribution in [3.05, 3.63) is 70.4 Å². The molecular weight excluding hydrogens is 385 g/mol. The molecule has 2 aliphatic rings. The number of carbonyl (C=O) groups excluding carboxylic acids is 1. The number of aromatic nitrogens is 2. The SMILES string of the molecule is O=C1O[C@@H](c2ccc(F)cc2)C[C@H]1CN1CCC(n2c(=O)[nH]c3ccccc32)CC1. The van der Waals surface area contributed by atoms with Gasteiger partial charge in [0.1, 0.15) is 11.9 Å². The highest BCUT2D eigenvalue weighted by Crippen LogP contribution is 2.35. The summed E-state index contributed by atoms with van der Waals surface area (Å²) < 4.78 is 20.6. The fourth-order valence-electron chi connectivity index (χ4n) is 4.78. The number of fused-ring (bicyclic) bond motifs is 1. The molecule has 0 saturated carbocycles. The van der Waals surface area contributed by atoms with Crippen LogP contribution in [0.5, 0.6) is 0 Å². The molecule has 1 aromatic heterocycles. The number of halogens is 1. The first-order valence-corrected chi connectivity index (χ1v) is 10.5. The van der Waals surface area contributed by atoms with E-state index in [1.54, 1.807) is 12.1 Å². The number of hydrogen-bond acceptors (Lipinski definition) is 4. The Labute approximate surface area is 173 Å². The van der Waals surface area contributed by atoms with Crippen molar-refractivity contribution in [2.75, 3.05) is 19.6 Å². The summed E-state index contributed by atoms with van der Waals surface area (Å²) in [5, 5.41) is 0. The number of benzene rings is 2. The third-order valence-electron chi connectivity index (χ3n) is 6.36. The number of imidazole rings is 1. The molecule has 3 heterocycles. The molecule has 0 spiro atoms. The van der Waals surface area contributed by atoms with E-state index in [1.807, 2.05) is 28.8 Å². The van der Waals surface area contributed by atoms with E-state index in [-0.39, 0.29) is 35.5 Å². The van der Waals surface area contributed by atoms with Gasteiger partial charge in [0.25, 0.3) is 0 Å². The van der Waals surface area contributed by atoms with Gasteiger partial charge in [0.2, 0.25) is 0 Å². The Hall–Kier alpha value is -2.93. The number of nitrogens with one attached hydrogen (secondary N) is 1. The number of carbonyl (C=O) groups is 1. The van der Waals surface area contributed by atoms with Crippen LogP contribution in [0.1, 0.15) is 37.0 Å². The highest BCUT2D eigenvalue weighted by atomic mass is 19.1. The van der Waals surface area contributed by atoms with Crippen molar-refractivity contribution in [1.29, 1.82) is 0 Å². The lowest BCUT2D eigenvalue weighted by Crippen LogP contribution is -2.40. The number of hydrogen-bond donors (Lipinski definition) is 1. The monoisotopic (exact) mass is 409 g/mol. The zero-order valence-electron chi connectivity index (χ0n) is 16.6. The Bertz CT molecular complexity index is 1110. The molecule has 0 aliphatic carbocycles. The first kappa shape index (κ1) is 19.1. The van der Waals surface area contributed by atoms with Gasteiger partial charge in [-0.25, -0.2) is 9.18 Å². The van der Waals surface area contributed by atoms with Crippen LogP contribution in [0, 0.1) is 11.7 Å². The smallest absolute Gasteiger partial charge is 0.326 e. The molecule has 0 amide bonds. The second kappa shape index (κ2) is 7.72. The van der Waals surface area contributed by atoms with Crippen molar-refractivity contribution in [3.8, 4) is 0 Å². The molecule has 0 bridgehead atoms. The van der Waals surface area contributed by atoms with Crippen LogP contribution in [0.2, 0.25) is 0 Å². The molecule has 3 aromatic rings. The van der Waals surface area contributed by atoms with Crippen LogP contribution in [-0.2, 0) is 9.53 Å². The van der Waals surface area contributed by atoms with Gasteiger partial charge in [-0.2, -0.15) is 0 Å². The summed E-state index contributed by atoms with van der Waals surface area (Å²) in [6.45, 7) is 2.33. The molecule has 7 heteroatoms. The van der Waals surface area contributed by atoms with Crippen LogP contribution >= 0.6 is 0 Å². The van der Waals surface area contributed by atoms with Crippen molar-refractivity contribution >= 4 is 17.0 Å². The molecule has 2 atom stereocenters. The van der Waals surface area contributed by atoms with Crippen LogP contribution in [0.4, 0.5) is 4.39 Å². The zero-order chi connectivity index (χ0) is 20.7. The third kappa shape index (κ3) is 3.54. The van der Waals surface area contributed by atoms with E-state index in [4.69, 9.17) is 4.74 Å². The van der Waals surface area contributed by atoms with Crippen LogP contribution in [0.3, 0.4) is 0 Å². The summed E-state index contributed by atoms with van der Waals surface area (Å²) in [4.78, 5) is 30.0. The quantitative estimate of drug-likeness (QED) is 0.671. The topological polar surface area (TPSA) is 67.3 Å². The minimum atomic E-state index is -0.301. The maximum absolute atomic E-state index is 13.1. The number of cyclic esters (lactones) is 1. The van der Waals surface area contributed by atoms with E-state index in [0.29, 0.717) is 13.0 Å². The molecule has 5 rings (SSSR count). The van der Waals surface area contributed by atoms with E-state index in [0.717, 1.165) is 42.5 Å². The van der Waals surface area contributed by atoms with Crippen molar-refractivity contribution < 1.29 is 13.9 Å². The lowest BCUT2D eigenvalue weighted by Gasteiger charge is -2.33. The van der Waals surface area contributed by atoms with E-state index in [1.165, 1.54) is 12.1 Å². The number of rotatable bonds is 4. The number of H-pyrrole nitrogens is 1. The summed E-state index contributed by atoms with van der Waals surface area (Å²) >= 11 is 0. The summed E-state index contributed by atoms with van der Waals surface area (Å²) in [5.41, 5.74) is 2.59. The molecule has 156 valence electrons. The van der Waals surface area contributed by atoms with Crippen LogP contribution in [-0.4, -0.2) is 40.1 Å². The molecule has 6 nitrogen and oxygen atoms in total. The zero-order valence-corrected chi connectivity index (χ0v) is 16.6. The Kier molecular flexibility index (Phi) is 4.90. The first-order valence-electron chi connectivity index (χ1n) is 10.5. The maximum Gasteiger partial charge on any atom is 0.326 e. The fraction of sp³-hybridized carbons (Fsp3) is 0.391. The molecule has 0 radical (unpaired) electrons. The molecule has 2 fully saturated rings. The second-order valence-corrected chi connectivity index (χ2v) is 8.26. The average Bonchev–Trinajstić information content (AvgIpc) is 3.28. The van der Waals surface area contributed by atoms with Crippen LogP contribution in [0.25, 0.3) is 11.0 Å². The van der Waals surface area contributed by atoms with Gasteiger partial charge in [-0.1, -0.05) is 24.3 Å². The van der Waals surface area contributed by atoms with E-state index >= 15 is 0 Å². The standard InChI is InChI=1S/C23H24FN3O3/c24-17-7-5-15(6-8-17)21-13-16(22(28)30-21)14-26-11-9-18(10-12-26)27-20-4-2-1-3-19(20)25-23(27)29/h1-8,16,18,21H,9-14H2,(H,25,29)/t16-,21+/m0/s1. The summed E-state index contributed by atoms with van der Waals surface area (Å²) in [7, 11) is 0. The highest BCUT2D eigenvalue weighted by Gasteiger charge is 2.37. The normalized spacial score (nSPS) is 23.2. The number of piperidine rings is 1. The molecule has 2 saturated heterocycles.